The smallest absolute Gasteiger partial charge is 0.241 e. The predicted octanol–water partition coefficient (Wildman–Crippen LogP) is 2.60. The molecule has 4 nitrogen and oxygen atoms in total. The lowest BCUT2D eigenvalue weighted by Gasteiger charge is -2.57. The summed E-state index contributed by atoms with van der Waals surface area (Å²) < 4.78 is 6.64. The Labute approximate surface area is 134 Å². The summed E-state index contributed by atoms with van der Waals surface area (Å²) in [7, 11) is 0. The van der Waals surface area contributed by atoms with Crippen LogP contribution in [0.5, 0.6) is 0 Å². The average molecular weight is 355 g/mol. The van der Waals surface area contributed by atoms with Crippen LogP contribution in [-0.2, 0) is 16.1 Å². The highest BCUT2D eigenvalue weighted by atomic mass is 79.9. The molecule has 0 aliphatic heterocycles. The van der Waals surface area contributed by atoms with E-state index in [2.05, 4.69) is 21.2 Å². The van der Waals surface area contributed by atoms with Gasteiger partial charge in [-0.2, -0.15) is 0 Å². The Morgan fingerprint density at radius 3 is 2.71 bits per heavy atom. The highest BCUT2D eigenvalue weighted by Crippen LogP contribution is 2.49. The van der Waals surface area contributed by atoms with Crippen LogP contribution >= 0.6 is 15.9 Å². The monoisotopic (exact) mass is 354 g/mol. The number of benzene rings is 1. The van der Waals surface area contributed by atoms with Gasteiger partial charge in [-0.1, -0.05) is 48.0 Å². The molecule has 1 aromatic rings. The summed E-state index contributed by atoms with van der Waals surface area (Å²) in [5.74, 6) is -0.112. The summed E-state index contributed by atoms with van der Waals surface area (Å²) in [6.45, 7) is 7.06. The van der Waals surface area contributed by atoms with Gasteiger partial charge in [0, 0.05) is 29.5 Å². The van der Waals surface area contributed by atoms with Gasteiger partial charge in [-0.3, -0.25) is 4.79 Å². The summed E-state index contributed by atoms with van der Waals surface area (Å²) in [6, 6.07) is 7.82. The van der Waals surface area contributed by atoms with E-state index in [-0.39, 0.29) is 17.4 Å². The Hall–Kier alpha value is -0.910. The number of rotatable bonds is 5. The zero-order valence-corrected chi connectivity index (χ0v) is 14.4. The molecule has 5 heteroatoms. The lowest BCUT2D eigenvalue weighted by Crippen LogP contribution is -2.75. The number of nitrogens with two attached hydrogens (primary N) is 1. The van der Waals surface area contributed by atoms with Gasteiger partial charge in [-0.05, 0) is 18.6 Å². The summed E-state index contributed by atoms with van der Waals surface area (Å²) in [5, 5.41) is 2.95. The van der Waals surface area contributed by atoms with Crippen molar-refractivity contribution < 1.29 is 9.53 Å². The minimum Gasteiger partial charge on any atom is -0.378 e. The molecule has 116 valence electrons. The van der Waals surface area contributed by atoms with E-state index in [9.17, 15) is 4.79 Å². The number of halogens is 1. The first-order valence-electron chi connectivity index (χ1n) is 7.25. The Morgan fingerprint density at radius 2 is 2.14 bits per heavy atom. The Morgan fingerprint density at radius 1 is 1.48 bits per heavy atom. The second kappa shape index (κ2) is 6.07. The lowest BCUT2D eigenvalue weighted by atomic mass is 9.54. The molecule has 2 rings (SSSR count). The van der Waals surface area contributed by atoms with Crippen molar-refractivity contribution in [2.45, 2.75) is 45.4 Å². The third-order valence-corrected chi connectivity index (χ3v) is 5.41. The quantitative estimate of drug-likeness (QED) is 0.853. The Bertz CT molecular complexity index is 533. The number of ether oxygens (including phenoxy) is 1. The second-order valence-electron chi connectivity index (χ2n) is 6.12. The molecule has 0 saturated heterocycles. The number of carbonyl (C=O) groups is 1. The molecule has 1 aliphatic rings. The lowest BCUT2D eigenvalue weighted by molar-refractivity contribution is -0.170. The Balaban J connectivity index is 2.00. The minimum absolute atomic E-state index is 0.0433. The zero-order valence-electron chi connectivity index (χ0n) is 12.8. The van der Waals surface area contributed by atoms with Crippen LogP contribution < -0.4 is 11.1 Å². The van der Waals surface area contributed by atoms with Gasteiger partial charge in [0.15, 0.2) is 0 Å². The van der Waals surface area contributed by atoms with Crippen LogP contribution in [0.15, 0.2) is 28.7 Å². The van der Waals surface area contributed by atoms with Gasteiger partial charge >= 0.3 is 0 Å². The van der Waals surface area contributed by atoms with Crippen molar-refractivity contribution in [1.29, 1.82) is 0 Å². The maximum atomic E-state index is 12.5. The normalized spacial score (nSPS) is 27.0. The van der Waals surface area contributed by atoms with E-state index in [1.165, 1.54) is 0 Å². The highest BCUT2D eigenvalue weighted by molar-refractivity contribution is 9.10. The predicted molar refractivity (Wildman–Crippen MR) is 86.7 cm³/mol. The van der Waals surface area contributed by atoms with E-state index >= 15 is 0 Å². The molecule has 2 atom stereocenters. The van der Waals surface area contributed by atoms with E-state index in [1.54, 1.807) is 0 Å². The molecule has 0 spiro atoms. The molecular formula is C16H23BrN2O2. The number of hydrogen-bond donors (Lipinski definition) is 2. The van der Waals surface area contributed by atoms with Crippen molar-refractivity contribution in [3.05, 3.63) is 34.3 Å². The molecular weight excluding hydrogens is 332 g/mol. The van der Waals surface area contributed by atoms with Crippen molar-refractivity contribution in [2.24, 2.45) is 11.1 Å². The zero-order chi connectivity index (χ0) is 15.7. The van der Waals surface area contributed by atoms with Gasteiger partial charge < -0.3 is 15.8 Å². The van der Waals surface area contributed by atoms with Gasteiger partial charge in [-0.15, -0.1) is 0 Å². The minimum atomic E-state index is -0.867. The van der Waals surface area contributed by atoms with Crippen LogP contribution in [0, 0.1) is 5.41 Å². The molecule has 21 heavy (non-hydrogen) atoms. The van der Waals surface area contributed by atoms with Crippen molar-refractivity contribution in [1.82, 2.24) is 5.32 Å². The molecule has 1 aromatic carbocycles. The molecule has 0 bridgehead atoms. The van der Waals surface area contributed by atoms with Crippen LogP contribution in [0.4, 0.5) is 0 Å². The number of amides is 1. The first-order valence-corrected chi connectivity index (χ1v) is 8.04. The van der Waals surface area contributed by atoms with Gasteiger partial charge in [0.1, 0.15) is 5.54 Å². The fourth-order valence-electron chi connectivity index (χ4n) is 2.80. The molecule has 0 radical (unpaired) electrons. The molecule has 0 heterocycles. The highest BCUT2D eigenvalue weighted by Gasteiger charge is 2.62. The molecule has 1 fully saturated rings. The largest absolute Gasteiger partial charge is 0.378 e. The van der Waals surface area contributed by atoms with Crippen LogP contribution in [0.25, 0.3) is 0 Å². The van der Waals surface area contributed by atoms with E-state index in [1.807, 2.05) is 45.0 Å². The van der Waals surface area contributed by atoms with Gasteiger partial charge in [0.05, 0.1) is 6.10 Å². The fourth-order valence-corrected chi connectivity index (χ4v) is 3.22. The SMILES string of the molecule is CCOC1CC(N)(C(=O)NCc2ccccc2Br)C1(C)C. The van der Waals surface area contributed by atoms with Crippen molar-refractivity contribution in [3.63, 3.8) is 0 Å². The summed E-state index contributed by atoms with van der Waals surface area (Å²) in [5.41, 5.74) is 6.15. The van der Waals surface area contributed by atoms with E-state index in [0.717, 1.165) is 10.0 Å². The number of carbonyl (C=O) groups excluding carboxylic acids is 1. The van der Waals surface area contributed by atoms with Crippen LogP contribution in [-0.4, -0.2) is 24.2 Å². The molecule has 2 unspecified atom stereocenters. The van der Waals surface area contributed by atoms with E-state index < -0.39 is 5.54 Å². The first-order chi connectivity index (χ1) is 9.83. The van der Waals surface area contributed by atoms with E-state index in [0.29, 0.717) is 19.6 Å². The average Bonchev–Trinajstić information content (AvgIpc) is 2.45. The van der Waals surface area contributed by atoms with Gasteiger partial charge in [-0.25, -0.2) is 0 Å². The first kappa shape index (κ1) is 16.5. The molecule has 1 amide bonds. The maximum absolute atomic E-state index is 12.5. The fraction of sp³-hybridized carbons (Fsp3) is 0.562. The Kier molecular flexibility index (Phi) is 4.76. The second-order valence-corrected chi connectivity index (χ2v) is 6.97. The number of hydrogen-bond acceptors (Lipinski definition) is 3. The van der Waals surface area contributed by atoms with E-state index in [4.69, 9.17) is 10.5 Å². The van der Waals surface area contributed by atoms with Crippen LogP contribution in [0.3, 0.4) is 0 Å². The number of nitrogens with one attached hydrogen (secondary N) is 1. The third-order valence-electron chi connectivity index (χ3n) is 4.63. The van der Waals surface area contributed by atoms with Crippen molar-refractivity contribution >= 4 is 21.8 Å². The molecule has 3 N–H and O–H groups in total. The summed E-state index contributed by atoms with van der Waals surface area (Å²) in [4.78, 5) is 12.5. The van der Waals surface area contributed by atoms with Crippen molar-refractivity contribution in [3.8, 4) is 0 Å². The molecule has 1 saturated carbocycles. The van der Waals surface area contributed by atoms with Gasteiger partial charge in [0.2, 0.25) is 5.91 Å². The van der Waals surface area contributed by atoms with Gasteiger partial charge in [0.25, 0.3) is 0 Å². The molecule has 0 aromatic heterocycles. The topological polar surface area (TPSA) is 64.3 Å². The maximum Gasteiger partial charge on any atom is 0.241 e. The van der Waals surface area contributed by atoms with Crippen LogP contribution in [0.1, 0.15) is 32.8 Å². The van der Waals surface area contributed by atoms with Crippen molar-refractivity contribution in [2.75, 3.05) is 6.61 Å². The standard InChI is InChI=1S/C16H23BrN2O2/c1-4-21-13-9-16(18,15(13,2)3)14(20)19-10-11-7-5-6-8-12(11)17/h5-8,13H,4,9-10,18H2,1-3H3,(H,19,20). The summed E-state index contributed by atoms with van der Waals surface area (Å²) >= 11 is 3.48. The molecule has 1 aliphatic carbocycles. The van der Waals surface area contributed by atoms with Crippen LogP contribution in [0.2, 0.25) is 0 Å². The summed E-state index contributed by atoms with van der Waals surface area (Å²) in [6.07, 6.45) is 0.608. The third kappa shape index (κ3) is 2.87.